The van der Waals surface area contributed by atoms with Gasteiger partial charge in [0.1, 0.15) is 0 Å². The van der Waals surface area contributed by atoms with Gasteiger partial charge in [0.05, 0.1) is 0 Å². The molecule has 0 aliphatic carbocycles. The number of fused-ring (bicyclic) bond motifs is 2. The van der Waals surface area contributed by atoms with Crippen molar-refractivity contribution in [2.24, 2.45) is 0 Å². The summed E-state index contributed by atoms with van der Waals surface area (Å²) in [7, 11) is 0. The first kappa shape index (κ1) is 19.4. The van der Waals surface area contributed by atoms with Gasteiger partial charge in [0.25, 0.3) is 0 Å². The van der Waals surface area contributed by atoms with E-state index in [0.717, 1.165) is 12.8 Å². The summed E-state index contributed by atoms with van der Waals surface area (Å²) < 4.78 is 0. The molecule has 0 aliphatic rings. The minimum Gasteiger partial charge on any atom is -0.358 e. The maximum absolute atomic E-state index is 2.32. The maximum atomic E-state index is 2.32. The standard InChI is InChI=1S/C20H16.2CH3.Ti/c1-2-6-18-12-15(11-17(18)5-1)9-10-16-13-19-7-3-4-8-20(19)14-16;;;/h1-8,11-14H,9-10H2;2*1H3;/q-2;2*-1;+4. The summed E-state index contributed by atoms with van der Waals surface area (Å²) in [5, 5.41) is 5.43. The largest absolute Gasteiger partial charge is 4.00 e. The summed E-state index contributed by atoms with van der Waals surface area (Å²) in [6, 6.07) is 26.5. The molecule has 0 saturated carbocycles. The van der Waals surface area contributed by atoms with Gasteiger partial charge in [-0.25, -0.2) is 0 Å². The summed E-state index contributed by atoms with van der Waals surface area (Å²) in [4.78, 5) is 0. The molecule has 4 rings (SSSR count). The fourth-order valence-electron chi connectivity index (χ4n) is 3.01. The van der Waals surface area contributed by atoms with E-state index in [-0.39, 0.29) is 36.6 Å². The Kier molecular flexibility index (Phi) is 7.00. The van der Waals surface area contributed by atoms with Gasteiger partial charge in [0.2, 0.25) is 0 Å². The molecule has 0 bridgehead atoms. The first-order valence-corrected chi connectivity index (χ1v) is 7.17. The predicted molar refractivity (Wildman–Crippen MR) is 99.3 cm³/mol. The molecule has 4 aromatic carbocycles. The van der Waals surface area contributed by atoms with Crippen molar-refractivity contribution in [1.82, 2.24) is 0 Å². The van der Waals surface area contributed by atoms with E-state index in [1.807, 2.05) is 0 Å². The first-order valence-electron chi connectivity index (χ1n) is 7.17. The van der Waals surface area contributed by atoms with Gasteiger partial charge in [-0.1, -0.05) is 12.1 Å². The second kappa shape index (κ2) is 8.29. The van der Waals surface area contributed by atoms with E-state index < -0.39 is 0 Å². The fourth-order valence-corrected chi connectivity index (χ4v) is 3.01. The number of hydrogen-bond donors (Lipinski definition) is 0. The summed E-state index contributed by atoms with van der Waals surface area (Å²) in [5.74, 6) is 0. The molecule has 1 heteroatoms. The molecular formula is C22H22Ti. The van der Waals surface area contributed by atoms with Crippen LogP contribution < -0.4 is 0 Å². The van der Waals surface area contributed by atoms with E-state index in [4.69, 9.17) is 0 Å². The van der Waals surface area contributed by atoms with Gasteiger partial charge < -0.3 is 14.9 Å². The molecule has 0 N–H and O–H groups in total. The molecule has 0 atom stereocenters. The zero-order valence-electron chi connectivity index (χ0n) is 13.8. The molecule has 0 amide bonds. The van der Waals surface area contributed by atoms with E-state index in [2.05, 4.69) is 72.8 Å². The first-order chi connectivity index (χ1) is 9.88. The van der Waals surface area contributed by atoms with Crippen LogP contribution in [0.25, 0.3) is 21.5 Å². The normalized spacial score (nSPS) is 9.91. The molecule has 0 aliphatic heterocycles. The molecule has 23 heavy (non-hydrogen) atoms. The summed E-state index contributed by atoms with van der Waals surface area (Å²) in [6.07, 6.45) is 2.23. The predicted octanol–water partition coefficient (Wildman–Crippen LogP) is 6.11. The minimum absolute atomic E-state index is 0. The Balaban J connectivity index is 0.000000882. The molecule has 0 fully saturated rings. The maximum Gasteiger partial charge on any atom is 4.00 e. The van der Waals surface area contributed by atoms with Gasteiger partial charge in [-0.15, -0.1) is 81.2 Å². The summed E-state index contributed by atoms with van der Waals surface area (Å²) >= 11 is 0. The summed E-state index contributed by atoms with van der Waals surface area (Å²) in [6.45, 7) is 0. The molecule has 114 valence electrons. The van der Waals surface area contributed by atoms with Crippen molar-refractivity contribution in [1.29, 1.82) is 0 Å². The van der Waals surface area contributed by atoms with Crippen LogP contribution in [0.3, 0.4) is 0 Å². The average Bonchev–Trinajstić information content (AvgIpc) is 3.07. The third-order valence-electron chi connectivity index (χ3n) is 4.06. The van der Waals surface area contributed by atoms with Crippen LogP contribution in [0.1, 0.15) is 11.1 Å². The molecule has 0 saturated heterocycles. The van der Waals surface area contributed by atoms with Crippen LogP contribution in [0, 0.1) is 14.9 Å². The van der Waals surface area contributed by atoms with Crippen LogP contribution in [0.2, 0.25) is 0 Å². The van der Waals surface area contributed by atoms with Crippen molar-refractivity contribution in [3.05, 3.63) is 98.8 Å². The van der Waals surface area contributed by atoms with Crippen LogP contribution in [0.5, 0.6) is 0 Å². The van der Waals surface area contributed by atoms with Crippen LogP contribution >= 0.6 is 0 Å². The van der Waals surface area contributed by atoms with Crippen molar-refractivity contribution in [2.75, 3.05) is 0 Å². The number of benzene rings is 2. The van der Waals surface area contributed by atoms with Crippen molar-refractivity contribution >= 4 is 21.5 Å². The fraction of sp³-hybridized carbons (Fsp3) is 0.0909. The Labute approximate surface area is 154 Å². The Morgan fingerprint density at radius 3 is 1.39 bits per heavy atom. The quantitative estimate of drug-likeness (QED) is 0.313. The molecule has 0 nitrogen and oxygen atoms in total. The third-order valence-corrected chi connectivity index (χ3v) is 4.06. The van der Waals surface area contributed by atoms with Crippen LogP contribution in [0.4, 0.5) is 0 Å². The van der Waals surface area contributed by atoms with E-state index >= 15 is 0 Å². The second-order valence-electron chi connectivity index (χ2n) is 5.49. The molecular weight excluding hydrogens is 312 g/mol. The number of rotatable bonds is 3. The van der Waals surface area contributed by atoms with Crippen LogP contribution in [-0.2, 0) is 34.6 Å². The van der Waals surface area contributed by atoms with Gasteiger partial charge in [-0.3, -0.25) is 0 Å². The van der Waals surface area contributed by atoms with Gasteiger partial charge in [-0.2, -0.15) is 12.1 Å². The zero-order valence-corrected chi connectivity index (χ0v) is 15.4. The molecule has 0 radical (unpaired) electrons. The Hall–Kier alpha value is -1.63. The van der Waals surface area contributed by atoms with Crippen molar-refractivity contribution in [3.63, 3.8) is 0 Å². The van der Waals surface area contributed by atoms with E-state index in [9.17, 15) is 0 Å². The average molecular weight is 334 g/mol. The van der Waals surface area contributed by atoms with E-state index in [1.54, 1.807) is 0 Å². The molecule has 0 unspecified atom stereocenters. The number of hydrogen-bond acceptors (Lipinski definition) is 0. The van der Waals surface area contributed by atoms with Gasteiger partial charge in [0.15, 0.2) is 0 Å². The number of aryl methyl sites for hydroxylation is 2. The third kappa shape index (κ3) is 4.02. The Bertz CT molecular complexity index is 724. The van der Waals surface area contributed by atoms with Crippen molar-refractivity contribution in [2.45, 2.75) is 12.8 Å². The van der Waals surface area contributed by atoms with Crippen LogP contribution in [-0.4, -0.2) is 0 Å². The van der Waals surface area contributed by atoms with E-state index in [1.165, 1.54) is 32.7 Å². The van der Waals surface area contributed by atoms with Gasteiger partial charge in [-0.05, 0) is 12.8 Å². The molecule has 4 aromatic rings. The second-order valence-corrected chi connectivity index (χ2v) is 5.49. The van der Waals surface area contributed by atoms with Crippen molar-refractivity contribution < 1.29 is 21.7 Å². The molecule has 0 aromatic heterocycles. The minimum atomic E-state index is 0. The van der Waals surface area contributed by atoms with Crippen molar-refractivity contribution in [3.8, 4) is 0 Å². The van der Waals surface area contributed by atoms with Crippen LogP contribution in [0.15, 0.2) is 72.8 Å². The zero-order chi connectivity index (χ0) is 13.4. The SMILES string of the molecule is [CH3-].[CH3-].[Ti+4].c1ccc2[cH-]c(CCc3cc4ccccc4[cH-]3)cc2c1. The van der Waals surface area contributed by atoms with E-state index in [0.29, 0.717) is 0 Å². The Morgan fingerprint density at radius 1 is 0.609 bits per heavy atom. The monoisotopic (exact) mass is 334 g/mol. The molecule has 0 spiro atoms. The summed E-state index contributed by atoms with van der Waals surface area (Å²) in [5.41, 5.74) is 2.88. The van der Waals surface area contributed by atoms with Gasteiger partial charge >= 0.3 is 21.7 Å². The smallest absolute Gasteiger partial charge is 0.358 e. The topological polar surface area (TPSA) is 0 Å². The van der Waals surface area contributed by atoms with Gasteiger partial charge in [0, 0.05) is 0 Å². The molecule has 0 heterocycles. The Morgan fingerprint density at radius 2 is 1.00 bits per heavy atom.